The summed E-state index contributed by atoms with van der Waals surface area (Å²) >= 11 is 0. The first-order chi connectivity index (χ1) is 12.8. The number of likely N-dealkylation sites (N-methyl/N-ethyl adjacent to an activating group) is 1. The Morgan fingerprint density at radius 3 is 2.59 bits per heavy atom. The number of sulfonamides is 1. The van der Waals surface area contributed by atoms with Crippen LogP contribution in [0.25, 0.3) is 0 Å². The van der Waals surface area contributed by atoms with Crippen molar-refractivity contribution in [2.24, 2.45) is 5.92 Å². The lowest BCUT2D eigenvalue weighted by Gasteiger charge is -2.35. The molecule has 1 amide bonds. The second-order valence-corrected chi connectivity index (χ2v) is 9.47. The Hall–Kier alpha value is -1.48. The average molecular weight is 396 g/mol. The van der Waals surface area contributed by atoms with Crippen LogP contribution < -0.4 is 9.62 Å². The van der Waals surface area contributed by atoms with Crippen molar-refractivity contribution < 1.29 is 17.9 Å². The van der Waals surface area contributed by atoms with Crippen LogP contribution in [0.3, 0.4) is 0 Å². The van der Waals surface area contributed by atoms with E-state index in [0.29, 0.717) is 25.7 Å². The van der Waals surface area contributed by atoms with Gasteiger partial charge in [0.1, 0.15) is 0 Å². The van der Waals surface area contributed by atoms with Crippen molar-refractivity contribution in [1.82, 2.24) is 9.62 Å². The lowest BCUT2D eigenvalue weighted by Crippen LogP contribution is -2.49. The molecule has 1 aromatic carbocycles. The number of hydrogen-bond acceptors (Lipinski definition) is 5. The molecule has 7 nitrogen and oxygen atoms in total. The van der Waals surface area contributed by atoms with Crippen molar-refractivity contribution >= 4 is 21.6 Å². The minimum Gasteiger partial charge on any atom is -0.379 e. The first kappa shape index (κ1) is 20.3. The van der Waals surface area contributed by atoms with Gasteiger partial charge in [-0.2, -0.15) is 0 Å². The summed E-state index contributed by atoms with van der Waals surface area (Å²) in [4.78, 5) is 15.9. The molecule has 1 fully saturated rings. The number of hydrogen-bond donors (Lipinski definition) is 1. The van der Waals surface area contributed by atoms with Crippen LogP contribution >= 0.6 is 0 Å². The highest BCUT2D eigenvalue weighted by Crippen LogP contribution is 2.29. The second-order valence-electron chi connectivity index (χ2n) is 7.70. The van der Waals surface area contributed by atoms with Crippen LogP contribution in [0.5, 0.6) is 0 Å². The molecule has 8 heteroatoms. The molecule has 0 aliphatic carbocycles. The zero-order valence-corrected chi connectivity index (χ0v) is 17.1. The van der Waals surface area contributed by atoms with Gasteiger partial charge in [0.2, 0.25) is 15.9 Å². The fourth-order valence-electron chi connectivity index (χ4n) is 3.75. The number of rotatable bonds is 7. The molecule has 0 bridgehead atoms. The zero-order valence-electron chi connectivity index (χ0n) is 16.3. The SMILES string of the molecule is CC(C)CC(CNS(=O)(=O)c1ccc2c(c1)CC(=O)N2C)N1CCOCC1. The third kappa shape index (κ3) is 4.68. The number of carbonyl (C=O) groups excluding carboxylic acids is 1. The van der Waals surface area contributed by atoms with Gasteiger partial charge in [-0.05, 0) is 36.1 Å². The number of fused-ring (bicyclic) bond motifs is 1. The summed E-state index contributed by atoms with van der Waals surface area (Å²) in [7, 11) is -1.92. The molecule has 0 saturated carbocycles. The van der Waals surface area contributed by atoms with Crippen molar-refractivity contribution in [2.75, 3.05) is 44.8 Å². The molecule has 2 aliphatic heterocycles. The van der Waals surface area contributed by atoms with Crippen LogP contribution in [0, 0.1) is 5.92 Å². The van der Waals surface area contributed by atoms with Crippen LogP contribution in [0.1, 0.15) is 25.8 Å². The van der Waals surface area contributed by atoms with Crippen molar-refractivity contribution in [3.63, 3.8) is 0 Å². The Morgan fingerprint density at radius 1 is 1.22 bits per heavy atom. The van der Waals surface area contributed by atoms with Gasteiger partial charge in [-0.3, -0.25) is 9.69 Å². The minimum absolute atomic E-state index is 0.0168. The second kappa shape index (κ2) is 8.26. The van der Waals surface area contributed by atoms with E-state index in [0.717, 1.165) is 30.8 Å². The molecular formula is C19H29N3O4S. The van der Waals surface area contributed by atoms with Crippen molar-refractivity contribution in [3.05, 3.63) is 23.8 Å². The summed E-state index contributed by atoms with van der Waals surface area (Å²) < 4.78 is 33.8. The van der Waals surface area contributed by atoms with E-state index in [4.69, 9.17) is 4.74 Å². The summed E-state index contributed by atoms with van der Waals surface area (Å²) in [6, 6.07) is 5.04. The van der Waals surface area contributed by atoms with E-state index < -0.39 is 10.0 Å². The highest BCUT2D eigenvalue weighted by molar-refractivity contribution is 7.89. The van der Waals surface area contributed by atoms with E-state index in [2.05, 4.69) is 23.5 Å². The molecule has 1 atom stereocenters. The van der Waals surface area contributed by atoms with Crippen molar-refractivity contribution in [1.29, 1.82) is 0 Å². The van der Waals surface area contributed by atoms with Gasteiger partial charge in [0.05, 0.1) is 24.5 Å². The molecule has 2 heterocycles. The number of benzene rings is 1. The van der Waals surface area contributed by atoms with Gasteiger partial charge in [0.25, 0.3) is 0 Å². The molecule has 27 heavy (non-hydrogen) atoms. The van der Waals surface area contributed by atoms with Gasteiger partial charge >= 0.3 is 0 Å². The number of nitrogens with one attached hydrogen (secondary N) is 1. The molecule has 0 aromatic heterocycles. The Balaban J connectivity index is 1.71. The maximum Gasteiger partial charge on any atom is 0.240 e. The first-order valence-electron chi connectivity index (χ1n) is 9.49. The predicted molar refractivity (Wildman–Crippen MR) is 104 cm³/mol. The average Bonchev–Trinajstić information content (AvgIpc) is 2.93. The first-order valence-corrected chi connectivity index (χ1v) is 11.0. The highest BCUT2D eigenvalue weighted by Gasteiger charge is 2.28. The van der Waals surface area contributed by atoms with E-state index in [1.54, 1.807) is 30.1 Å². The van der Waals surface area contributed by atoms with E-state index in [-0.39, 0.29) is 23.3 Å². The van der Waals surface area contributed by atoms with Crippen LogP contribution in [0.15, 0.2) is 23.1 Å². The lowest BCUT2D eigenvalue weighted by molar-refractivity contribution is -0.117. The maximum absolute atomic E-state index is 12.8. The summed E-state index contributed by atoms with van der Waals surface area (Å²) in [5.41, 5.74) is 1.54. The molecule has 2 aliphatic rings. The fraction of sp³-hybridized carbons (Fsp3) is 0.632. The van der Waals surface area contributed by atoms with Crippen LogP contribution in [0.2, 0.25) is 0 Å². The summed E-state index contributed by atoms with van der Waals surface area (Å²) in [5, 5.41) is 0. The van der Waals surface area contributed by atoms with Gasteiger partial charge in [-0.15, -0.1) is 0 Å². The number of ether oxygens (including phenoxy) is 1. The molecule has 0 spiro atoms. The molecule has 3 rings (SSSR count). The molecular weight excluding hydrogens is 366 g/mol. The van der Waals surface area contributed by atoms with Crippen molar-refractivity contribution in [3.8, 4) is 0 Å². The van der Waals surface area contributed by atoms with Crippen LogP contribution in [-0.4, -0.2) is 65.2 Å². The normalized spacial score (nSPS) is 19.6. The van der Waals surface area contributed by atoms with E-state index in [1.807, 2.05) is 0 Å². The van der Waals surface area contributed by atoms with Gasteiger partial charge in [0, 0.05) is 38.4 Å². The molecule has 150 valence electrons. The van der Waals surface area contributed by atoms with Gasteiger partial charge in [-0.25, -0.2) is 13.1 Å². The van der Waals surface area contributed by atoms with Crippen LogP contribution in [0.4, 0.5) is 5.69 Å². The molecule has 1 aromatic rings. The largest absolute Gasteiger partial charge is 0.379 e. The summed E-state index contributed by atoms with van der Waals surface area (Å²) in [5.74, 6) is 0.459. The third-order valence-electron chi connectivity index (χ3n) is 5.25. The van der Waals surface area contributed by atoms with E-state index in [1.165, 1.54) is 0 Å². The summed E-state index contributed by atoms with van der Waals surface area (Å²) in [6.07, 6.45) is 1.17. The van der Waals surface area contributed by atoms with Crippen molar-refractivity contribution in [2.45, 2.75) is 37.6 Å². The van der Waals surface area contributed by atoms with Gasteiger partial charge in [0.15, 0.2) is 0 Å². The fourth-order valence-corrected chi connectivity index (χ4v) is 4.87. The molecule has 1 unspecified atom stereocenters. The molecule has 1 N–H and O–H groups in total. The number of anilines is 1. The predicted octanol–water partition coefficient (Wildman–Crippen LogP) is 1.23. The monoisotopic (exact) mass is 395 g/mol. The van der Waals surface area contributed by atoms with E-state index >= 15 is 0 Å². The number of carbonyl (C=O) groups is 1. The van der Waals surface area contributed by atoms with Gasteiger partial charge in [-0.1, -0.05) is 13.8 Å². The van der Waals surface area contributed by atoms with Gasteiger partial charge < -0.3 is 9.64 Å². The Bertz CT molecular complexity index is 788. The number of nitrogens with zero attached hydrogens (tertiary/aromatic N) is 2. The Morgan fingerprint density at radius 2 is 1.93 bits per heavy atom. The quantitative estimate of drug-likeness (QED) is 0.751. The van der Waals surface area contributed by atoms with E-state index in [9.17, 15) is 13.2 Å². The molecule has 1 saturated heterocycles. The number of morpholine rings is 1. The highest BCUT2D eigenvalue weighted by atomic mass is 32.2. The van der Waals surface area contributed by atoms with Crippen LogP contribution in [-0.2, 0) is 26.0 Å². The lowest BCUT2D eigenvalue weighted by atomic mass is 10.0. The third-order valence-corrected chi connectivity index (χ3v) is 6.67. The summed E-state index contributed by atoms with van der Waals surface area (Å²) in [6.45, 7) is 7.70. The smallest absolute Gasteiger partial charge is 0.240 e. The standard InChI is InChI=1S/C19H29N3O4S/c1-14(2)10-16(22-6-8-26-9-7-22)13-20-27(24,25)17-4-5-18-15(11-17)12-19(23)21(18)3/h4-5,11,14,16,20H,6-10,12-13H2,1-3H3. The topological polar surface area (TPSA) is 79.0 Å². The Kier molecular flexibility index (Phi) is 6.20. The molecule has 0 radical (unpaired) electrons. The maximum atomic E-state index is 12.8. The zero-order chi connectivity index (χ0) is 19.6. The Labute approximate surface area is 161 Å². The minimum atomic E-state index is -3.62. The number of amides is 1.